The van der Waals surface area contributed by atoms with Crippen LogP contribution in [0.3, 0.4) is 0 Å². The highest BCUT2D eigenvalue weighted by Crippen LogP contribution is 2.44. The molecule has 6 nitrogen and oxygen atoms in total. The smallest absolute Gasteiger partial charge is 0.301 e. The van der Waals surface area contributed by atoms with E-state index in [9.17, 15) is 14.7 Å². The third-order valence-electron chi connectivity index (χ3n) is 5.75. The Hall–Kier alpha value is -3.97. The van der Waals surface area contributed by atoms with E-state index in [4.69, 9.17) is 4.74 Å². The number of rotatable bonds is 5. The predicted octanol–water partition coefficient (Wildman–Crippen LogP) is 5.63. The molecule has 5 rings (SSSR count). The molecule has 34 heavy (non-hydrogen) atoms. The monoisotopic (exact) mass is 470 g/mol. The molecule has 1 aliphatic heterocycles. The van der Waals surface area contributed by atoms with Crippen LogP contribution in [0.5, 0.6) is 5.75 Å². The molecule has 0 bridgehead atoms. The molecule has 0 radical (unpaired) electrons. The molecule has 170 valence electrons. The van der Waals surface area contributed by atoms with E-state index in [1.165, 1.54) is 16.2 Å². The normalized spacial score (nSPS) is 17.5. The number of nitrogens with zero attached hydrogens (tertiary/aromatic N) is 2. The van der Waals surface area contributed by atoms with Gasteiger partial charge in [-0.05, 0) is 37.6 Å². The van der Waals surface area contributed by atoms with Crippen LogP contribution in [0.2, 0.25) is 0 Å². The zero-order valence-electron chi connectivity index (χ0n) is 18.7. The van der Waals surface area contributed by atoms with Gasteiger partial charge in [-0.2, -0.15) is 0 Å². The Balaban J connectivity index is 1.68. The van der Waals surface area contributed by atoms with Gasteiger partial charge in [0.05, 0.1) is 28.4 Å². The van der Waals surface area contributed by atoms with Crippen molar-refractivity contribution in [3.63, 3.8) is 0 Å². The molecule has 0 saturated carbocycles. The summed E-state index contributed by atoms with van der Waals surface area (Å²) in [6.45, 7) is 4.39. The lowest BCUT2D eigenvalue weighted by atomic mass is 9.95. The predicted molar refractivity (Wildman–Crippen MR) is 133 cm³/mol. The number of anilines is 1. The minimum atomic E-state index is -0.797. The molecule has 1 aromatic heterocycles. The van der Waals surface area contributed by atoms with Crippen molar-refractivity contribution in [2.75, 3.05) is 11.5 Å². The van der Waals surface area contributed by atoms with Gasteiger partial charge in [-0.25, -0.2) is 4.98 Å². The summed E-state index contributed by atoms with van der Waals surface area (Å²) in [6.07, 6.45) is 0. The van der Waals surface area contributed by atoms with E-state index in [0.717, 1.165) is 10.3 Å². The molecule has 2 heterocycles. The highest BCUT2D eigenvalue weighted by molar-refractivity contribution is 7.22. The quantitative estimate of drug-likeness (QED) is 0.232. The van der Waals surface area contributed by atoms with Crippen molar-refractivity contribution in [1.29, 1.82) is 0 Å². The minimum Gasteiger partial charge on any atom is -0.507 e. The Labute approximate surface area is 200 Å². The molecule has 0 unspecified atom stereocenters. The van der Waals surface area contributed by atoms with Gasteiger partial charge in [-0.1, -0.05) is 71.5 Å². The Morgan fingerprint density at radius 1 is 1.06 bits per heavy atom. The number of fused-ring (bicyclic) bond motifs is 1. The van der Waals surface area contributed by atoms with Crippen molar-refractivity contribution in [1.82, 2.24) is 4.98 Å². The summed E-state index contributed by atoms with van der Waals surface area (Å²) < 4.78 is 6.43. The number of aryl methyl sites for hydroxylation is 1. The summed E-state index contributed by atoms with van der Waals surface area (Å²) in [4.78, 5) is 32.6. The van der Waals surface area contributed by atoms with Crippen molar-refractivity contribution in [3.05, 3.63) is 95.1 Å². The van der Waals surface area contributed by atoms with E-state index in [-0.39, 0.29) is 11.3 Å². The van der Waals surface area contributed by atoms with Crippen molar-refractivity contribution in [3.8, 4) is 5.75 Å². The van der Waals surface area contributed by atoms with Crippen LogP contribution in [-0.4, -0.2) is 28.4 Å². The van der Waals surface area contributed by atoms with Crippen LogP contribution in [0.4, 0.5) is 5.13 Å². The lowest BCUT2D eigenvalue weighted by molar-refractivity contribution is -0.132. The third kappa shape index (κ3) is 3.74. The van der Waals surface area contributed by atoms with E-state index in [1.807, 2.05) is 74.5 Å². The maximum absolute atomic E-state index is 13.3. The van der Waals surface area contributed by atoms with Crippen LogP contribution in [0.15, 0.2) is 78.4 Å². The van der Waals surface area contributed by atoms with Crippen molar-refractivity contribution in [2.24, 2.45) is 0 Å². The van der Waals surface area contributed by atoms with E-state index in [0.29, 0.717) is 34.1 Å². The SMILES string of the molecule is CCOc1ccc2nc(N3C(=O)C(=O)/C(=C(/O)c4ccc(C)cc4)[C@@H]3c3ccccc3)sc2c1. The number of Topliss-reactive ketones (excluding diaryl/α,β-unsaturated/α-hetero) is 1. The molecule has 0 spiro atoms. The second kappa shape index (κ2) is 8.76. The molecule has 1 aliphatic rings. The zero-order chi connectivity index (χ0) is 23.8. The summed E-state index contributed by atoms with van der Waals surface area (Å²) in [5, 5.41) is 11.6. The Morgan fingerprint density at radius 3 is 2.50 bits per heavy atom. The van der Waals surface area contributed by atoms with E-state index < -0.39 is 17.7 Å². The Morgan fingerprint density at radius 2 is 1.79 bits per heavy atom. The second-order valence-electron chi connectivity index (χ2n) is 8.00. The van der Waals surface area contributed by atoms with Crippen molar-refractivity contribution < 1.29 is 19.4 Å². The number of carbonyl (C=O) groups is 2. The molecule has 4 aromatic rings. The second-order valence-corrected chi connectivity index (χ2v) is 9.01. The maximum Gasteiger partial charge on any atom is 0.301 e. The van der Waals surface area contributed by atoms with E-state index >= 15 is 0 Å². The number of aliphatic hydroxyl groups is 1. The number of benzene rings is 3. The van der Waals surface area contributed by atoms with Gasteiger partial charge in [-0.3, -0.25) is 14.5 Å². The van der Waals surface area contributed by atoms with E-state index in [1.54, 1.807) is 12.1 Å². The van der Waals surface area contributed by atoms with Crippen LogP contribution in [0.1, 0.15) is 29.7 Å². The standard InChI is InChI=1S/C27H22N2O4S/c1-3-33-19-13-14-20-21(15-19)34-27(28-20)29-23(17-7-5-4-6-8-17)22(25(31)26(29)32)24(30)18-11-9-16(2)10-12-18/h4-15,23,30H,3H2,1-2H3/b24-22+/t23-/m0/s1. The van der Waals surface area contributed by atoms with Gasteiger partial charge >= 0.3 is 5.91 Å². The minimum absolute atomic E-state index is 0.0503. The van der Waals surface area contributed by atoms with Crippen molar-refractivity contribution in [2.45, 2.75) is 19.9 Å². The fourth-order valence-electron chi connectivity index (χ4n) is 4.10. The molecular formula is C27H22N2O4S. The highest BCUT2D eigenvalue weighted by Gasteiger charge is 2.48. The number of thiazole rings is 1. The topological polar surface area (TPSA) is 79.7 Å². The first-order valence-electron chi connectivity index (χ1n) is 10.9. The Kier molecular flexibility index (Phi) is 5.63. The lowest BCUT2D eigenvalue weighted by Crippen LogP contribution is -2.29. The molecule has 1 N–H and O–H groups in total. The first kappa shape index (κ1) is 21.9. The highest BCUT2D eigenvalue weighted by atomic mass is 32.1. The maximum atomic E-state index is 13.3. The summed E-state index contributed by atoms with van der Waals surface area (Å²) in [6, 6.07) is 21.2. The first-order valence-corrected chi connectivity index (χ1v) is 11.8. The van der Waals surface area contributed by atoms with Crippen LogP contribution < -0.4 is 9.64 Å². The van der Waals surface area contributed by atoms with Crippen LogP contribution in [0.25, 0.3) is 16.0 Å². The molecule has 0 aliphatic carbocycles. The number of aromatic nitrogens is 1. The number of hydrogen-bond donors (Lipinski definition) is 1. The van der Waals surface area contributed by atoms with Crippen molar-refractivity contribution >= 4 is 44.1 Å². The van der Waals surface area contributed by atoms with Gasteiger partial charge < -0.3 is 9.84 Å². The molecule has 7 heteroatoms. The molecular weight excluding hydrogens is 448 g/mol. The average Bonchev–Trinajstić information content (AvgIpc) is 3.38. The fourth-order valence-corrected chi connectivity index (χ4v) is 5.12. The van der Waals surface area contributed by atoms with Crippen LogP contribution >= 0.6 is 11.3 Å². The van der Waals surface area contributed by atoms with Gasteiger partial charge in [0.2, 0.25) is 0 Å². The third-order valence-corrected chi connectivity index (χ3v) is 6.77. The summed E-state index contributed by atoms with van der Waals surface area (Å²) in [7, 11) is 0. The average molecular weight is 471 g/mol. The zero-order valence-corrected chi connectivity index (χ0v) is 19.5. The van der Waals surface area contributed by atoms with Gasteiger partial charge in [0, 0.05) is 5.56 Å². The van der Waals surface area contributed by atoms with Gasteiger partial charge in [0.15, 0.2) is 5.13 Å². The number of ketones is 1. The van der Waals surface area contributed by atoms with Gasteiger partial charge in [-0.15, -0.1) is 0 Å². The molecule has 1 saturated heterocycles. The lowest BCUT2D eigenvalue weighted by Gasteiger charge is -2.22. The summed E-state index contributed by atoms with van der Waals surface area (Å²) in [5.41, 5.74) is 2.97. The number of hydrogen-bond acceptors (Lipinski definition) is 6. The van der Waals surface area contributed by atoms with Crippen LogP contribution in [0, 0.1) is 6.92 Å². The van der Waals surface area contributed by atoms with E-state index in [2.05, 4.69) is 4.98 Å². The summed E-state index contributed by atoms with van der Waals surface area (Å²) in [5.74, 6) is -0.937. The fraction of sp³-hybridized carbons (Fsp3) is 0.148. The van der Waals surface area contributed by atoms with Crippen LogP contribution in [-0.2, 0) is 9.59 Å². The largest absolute Gasteiger partial charge is 0.507 e. The molecule has 3 aromatic carbocycles. The number of amides is 1. The molecule has 1 amide bonds. The number of carbonyl (C=O) groups excluding carboxylic acids is 2. The summed E-state index contributed by atoms with van der Waals surface area (Å²) >= 11 is 1.31. The molecule has 1 fully saturated rings. The first-order chi connectivity index (χ1) is 16.5. The van der Waals surface area contributed by atoms with Gasteiger partial charge in [0.25, 0.3) is 5.78 Å². The number of aliphatic hydroxyl groups excluding tert-OH is 1. The van der Waals surface area contributed by atoms with Gasteiger partial charge in [0.1, 0.15) is 11.5 Å². The Bertz CT molecular complexity index is 1420. The number of ether oxygens (including phenoxy) is 1. The molecule has 1 atom stereocenters.